The fourth-order valence-corrected chi connectivity index (χ4v) is 2.13. The molecule has 1 N–H and O–H groups in total. The van der Waals surface area contributed by atoms with E-state index in [1.165, 1.54) is 11.3 Å². The topological polar surface area (TPSA) is 63.8 Å². The van der Waals surface area contributed by atoms with Crippen molar-refractivity contribution in [3.8, 4) is 5.13 Å². The Labute approximate surface area is 97.8 Å². The number of rotatable bonds is 4. The van der Waals surface area contributed by atoms with Crippen LogP contribution in [0.3, 0.4) is 0 Å². The van der Waals surface area contributed by atoms with E-state index in [2.05, 4.69) is 29.1 Å². The molecule has 86 valence electrons. The standard InChI is InChI=1S/C10H14N4OS/c1-7(2)5-9-8(6-15)12-13-14(9)10-11-3-4-16-10/h3-4,7,15H,5-6H2,1-2H3. The number of nitrogens with zero attached hydrogens (tertiary/aromatic N) is 4. The van der Waals surface area contributed by atoms with E-state index in [1.54, 1.807) is 10.9 Å². The van der Waals surface area contributed by atoms with Gasteiger partial charge in [0.05, 0.1) is 12.3 Å². The second-order valence-electron chi connectivity index (χ2n) is 3.97. The lowest BCUT2D eigenvalue weighted by atomic mass is 10.1. The first-order valence-electron chi connectivity index (χ1n) is 5.16. The molecular weight excluding hydrogens is 224 g/mol. The largest absolute Gasteiger partial charge is 0.390 e. The maximum Gasteiger partial charge on any atom is 0.211 e. The van der Waals surface area contributed by atoms with Gasteiger partial charge in [-0.3, -0.25) is 0 Å². The van der Waals surface area contributed by atoms with E-state index >= 15 is 0 Å². The molecule has 5 nitrogen and oxygen atoms in total. The normalized spacial score (nSPS) is 11.2. The number of aliphatic hydroxyl groups is 1. The quantitative estimate of drug-likeness (QED) is 0.874. The number of aliphatic hydroxyl groups excluding tert-OH is 1. The molecule has 0 saturated heterocycles. The molecule has 0 aliphatic rings. The predicted octanol–water partition coefficient (Wildman–Crippen LogP) is 1.41. The van der Waals surface area contributed by atoms with Gasteiger partial charge in [-0.05, 0) is 12.3 Å². The summed E-state index contributed by atoms with van der Waals surface area (Å²) in [6, 6.07) is 0. The van der Waals surface area contributed by atoms with Gasteiger partial charge in [-0.15, -0.1) is 16.4 Å². The predicted molar refractivity (Wildman–Crippen MR) is 61.5 cm³/mol. The van der Waals surface area contributed by atoms with E-state index < -0.39 is 0 Å². The van der Waals surface area contributed by atoms with Gasteiger partial charge in [0.1, 0.15) is 5.69 Å². The maximum atomic E-state index is 9.21. The molecule has 0 bridgehead atoms. The van der Waals surface area contributed by atoms with E-state index in [1.807, 2.05) is 5.38 Å². The molecule has 0 unspecified atom stereocenters. The molecule has 0 aromatic carbocycles. The van der Waals surface area contributed by atoms with Crippen LogP contribution in [0.5, 0.6) is 0 Å². The van der Waals surface area contributed by atoms with Crippen LogP contribution in [0, 0.1) is 5.92 Å². The van der Waals surface area contributed by atoms with Crippen molar-refractivity contribution in [2.75, 3.05) is 0 Å². The van der Waals surface area contributed by atoms with Crippen molar-refractivity contribution in [2.24, 2.45) is 5.92 Å². The van der Waals surface area contributed by atoms with Crippen molar-refractivity contribution in [3.63, 3.8) is 0 Å². The highest BCUT2D eigenvalue weighted by Crippen LogP contribution is 2.18. The number of thiazole rings is 1. The molecule has 16 heavy (non-hydrogen) atoms. The smallest absolute Gasteiger partial charge is 0.211 e. The van der Waals surface area contributed by atoms with Gasteiger partial charge in [-0.25, -0.2) is 4.98 Å². The van der Waals surface area contributed by atoms with Crippen molar-refractivity contribution < 1.29 is 5.11 Å². The summed E-state index contributed by atoms with van der Waals surface area (Å²) < 4.78 is 1.72. The molecule has 0 spiro atoms. The SMILES string of the molecule is CC(C)Cc1c(CO)nnn1-c1nccs1. The van der Waals surface area contributed by atoms with Crippen molar-refractivity contribution in [1.29, 1.82) is 0 Å². The van der Waals surface area contributed by atoms with E-state index in [-0.39, 0.29) is 6.61 Å². The lowest BCUT2D eigenvalue weighted by Gasteiger charge is -2.06. The lowest BCUT2D eigenvalue weighted by Crippen LogP contribution is -2.07. The minimum absolute atomic E-state index is 0.0760. The first-order chi connectivity index (χ1) is 7.72. The van der Waals surface area contributed by atoms with E-state index in [0.29, 0.717) is 11.6 Å². The van der Waals surface area contributed by atoms with Gasteiger partial charge in [-0.1, -0.05) is 19.1 Å². The van der Waals surface area contributed by atoms with Crippen LogP contribution < -0.4 is 0 Å². The Morgan fingerprint density at radius 1 is 1.50 bits per heavy atom. The molecule has 2 aromatic heterocycles. The number of hydrogen-bond donors (Lipinski definition) is 1. The van der Waals surface area contributed by atoms with E-state index in [0.717, 1.165) is 17.2 Å². The Balaban J connectivity index is 2.41. The average Bonchev–Trinajstić information content (AvgIpc) is 2.84. The first-order valence-corrected chi connectivity index (χ1v) is 6.04. The molecule has 0 saturated carbocycles. The van der Waals surface area contributed by atoms with Crippen LogP contribution >= 0.6 is 11.3 Å². The summed E-state index contributed by atoms with van der Waals surface area (Å²) in [5.74, 6) is 0.488. The third-order valence-electron chi connectivity index (χ3n) is 2.20. The minimum atomic E-state index is -0.0760. The van der Waals surface area contributed by atoms with Gasteiger partial charge in [0.2, 0.25) is 5.13 Å². The summed E-state index contributed by atoms with van der Waals surface area (Å²) in [7, 11) is 0. The van der Waals surface area contributed by atoms with Crippen molar-refractivity contribution in [2.45, 2.75) is 26.9 Å². The zero-order chi connectivity index (χ0) is 11.5. The van der Waals surface area contributed by atoms with Crippen LogP contribution in [0.15, 0.2) is 11.6 Å². The minimum Gasteiger partial charge on any atom is -0.390 e. The Morgan fingerprint density at radius 3 is 2.88 bits per heavy atom. The molecule has 0 aliphatic heterocycles. The second kappa shape index (κ2) is 4.71. The number of hydrogen-bond acceptors (Lipinski definition) is 5. The summed E-state index contributed by atoms with van der Waals surface area (Å²) in [5, 5.41) is 19.9. The zero-order valence-electron chi connectivity index (χ0n) is 9.29. The molecule has 0 radical (unpaired) electrons. The fourth-order valence-electron chi connectivity index (χ4n) is 1.52. The van der Waals surface area contributed by atoms with Crippen LogP contribution in [0.25, 0.3) is 5.13 Å². The molecule has 6 heteroatoms. The highest BCUT2D eigenvalue weighted by Gasteiger charge is 2.15. The summed E-state index contributed by atoms with van der Waals surface area (Å²) in [6.07, 6.45) is 2.57. The monoisotopic (exact) mass is 238 g/mol. The lowest BCUT2D eigenvalue weighted by molar-refractivity contribution is 0.275. The highest BCUT2D eigenvalue weighted by atomic mass is 32.1. The summed E-state index contributed by atoms with van der Waals surface area (Å²) in [6.45, 7) is 4.17. The molecule has 2 heterocycles. The zero-order valence-corrected chi connectivity index (χ0v) is 10.1. The summed E-state index contributed by atoms with van der Waals surface area (Å²) in [5.41, 5.74) is 1.59. The van der Waals surface area contributed by atoms with Crippen LogP contribution in [-0.2, 0) is 13.0 Å². The number of aromatic nitrogens is 4. The van der Waals surface area contributed by atoms with Gasteiger partial charge >= 0.3 is 0 Å². The molecule has 0 aliphatic carbocycles. The Hall–Kier alpha value is -1.27. The van der Waals surface area contributed by atoms with Gasteiger partial charge < -0.3 is 5.11 Å². The van der Waals surface area contributed by atoms with Gasteiger partial charge in [-0.2, -0.15) is 4.68 Å². The third kappa shape index (κ3) is 2.12. The molecule has 2 rings (SSSR count). The van der Waals surface area contributed by atoms with Crippen LogP contribution in [0.4, 0.5) is 0 Å². The molecular formula is C10H14N4OS. The molecule has 0 fully saturated rings. The summed E-state index contributed by atoms with van der Waals surface area (Å²) in [4.78, 5) is 4.20. The van der Waals surface area contributed by atoms with Crippen molar-refractivity contribution >= 4 is 11.3 Å². The first kappa shape index (κ1) is 11.2. The fraction of sp³-hybridized carbons (Fsp3) is 0.500. The van der Waals surface area contributed by atoms with Crippen LogP contribution in [0.1, 0.15) is 25.2 Å². The second-order valence-corrected chi connectivity index (χ2v) is 4.84. The van der Waals surface area contributed by atoms with Gasteiger partial charge in [0.25, 0.3) is 0 Å². The van der Waals surface area contributed by atoms with E-state index in [9.17, 15) is 5.11 Å². The van der Waals surface area contributed by atoms with E-state index in [4.69, 9.17) is 0 Å². The van der Waals surface area contributed by atoms with Crippen molar-refractivity contribution in [3.05, 3.63) is 23.0 Å². The molecule has 2 aromatic rings. The van der Waals surface area contributed by atoms with Gasteiger partial charge in [0.15, 0.2) is 0 Å². The maximum absolute atomic E-state index is 9.21. The highest BCUT2D eigenvalue weighted by molar-refractivity contribution is 7.12. The molecule has 0 amide bonds. The van der Waals surface area contributed by atoms with Crippen LogP contribution in [-0.4, -0.2) is 25.1 Å². The third-order valence-corrected chi connectivity index (χ3v) is 2.94. The summed E-state index contributed by atoms with van der Waals surface area (Å²) >= 11 is 1.51. The van der Waals surface area contributed by atoms with Gasteiger partial charge in [0, 0.05) is 11.6 Å². The Morgan fingerprint density at radius 2 is 2.31 bits per heavy atom. The average molecular weight is 238 g/mol. The Bertz CT molecular complexity index is 449. The Kier molecular flexibility index (Phi) is 3.31. The molecule has 0 atom stereocenters. The van der Waals surface area contributed by atoms with Crippen LogP contribution in [0.2, 0.25) is 0 Å². The van der Waals surface area contributed by atoms with Crippen molar-refractivity contribution in [1.82, 2.24) is 20.0 Å².